The number of amides is 2. The van der Waals surface area contributed by atoms with Crippen LogP contribution in [0.1, 0.15) is 26.3 Å². The molecule has 1 aliphatic rings. The van der Waals surface area contributed by atoms with E-state index in [9.17, 15) is 9.59 Å². The monoisotopic (exact) mass is 359 g/mol. The number of halogens is 1. The molecule has 5 nitrogen and oxygen atoms in total. The molecule has 3 rings (SSSR count). The summed E-state index contributed by atoms with van der Waals surface area (Å²) in [5, 5.41) is 0.552. The molecule has 130 valence electrons. The Morgan fingerprint density at radius 1 is 0.960 bits per heavy atom. The van der Waals surface area contributed by atoms with Gasteiger partial charge in [-0.25, -0.2) is 0 Å². The van der Waals surface area contributed by atoms with Gasteiger partial charge in [-0.05, 0) is 36.8 Å². The zero-order valence-electron chi connectivity index (χ0n) is 13.8. The highest BCUT2D eigenvalue weighted by Crippen LogP contribution is 2.25. The Hall–Kier alpha value is -2.37. The number of rotatable bonds is 7. The first kappa shape index (κ1) is 17.5. The van der Waals surface area contributed by atoms with Crippen molar-refractivity contribution >= 4 is 23.4 Å². The molecular weight excluding hydrogens is 342 g/mol. The molecule has 0 aliphatic carbocycles. The van der Waals surface area contributed by atoms with Crippen LogP contribution in [0.4, 0.5) is 0 Å². The topological polar surface area (TPSA) is 55.8 Å². The lowest BCUT2D eigenvalue weighted by molar-refractivity contribution is 0.0528. The Bertz CT molecular complexity index is 771. The SMILES string of the molecule is Cc1ccc(Cl)c(OCCOCCN2C(=O)c3ccccc3C2=O)c1. The highest BCUT2D eigenvalue weighted by Gasteiger charge is 2.34. The number of carbonyl (C=O) groups is 2. The normalized spacial score (nSPS) is 13.3. The minimum absolute atomic E-state index is 0.220. The van der Waals surface area contributed by atoms with Gasteiger partial charge in [0.25, 0.3) is 11.8 Å². The molecule has 0 bridgehead atoms. The number of hydrogen-bond donors (Lipinski definition) is 0. The van der Waals surface area contributed by atoms with Gasteiger partial charge in [0.2, 0.25) is 0 Å². The summed E-state index contributed by atoms with van der Waals surface area (Å²) in [6.07, 6.45) is 0. The summed E-state index contributed by atoms with van der Waals surface area (Å²) in [5.74, 6) is 0.0737. The zero-order valence-corrected chi connectivity index (χ0v) is 14.6. The van der Waals surface area contributed by atoms with Crippen LogP contribution in [0.5, 0.6) is 5.75 Å². The first-order valence-electron chi connectivity index (χ1n) is 8.00. The van der Waals surface area contributed by atoms with Crippen molar-refractivity contribution < 1.29 is 19.1 Å². The molecule has 0 saturated heterocycles. The van der Waals surface area contributed by atoms with Crippen LogP contribution in [0, 0.1) is 6.92 Å². The van der Waals surface area contributed by atoms with E-state index in [1.165, 1.54) is 4.90 Å². The summed E-state index contributed by atoms with van der Waals surface area (Å²) in [5.41, 5.74) is 1.96. The van der Waals surface area contributed by atoms with Crippen LogP contribution in [-0.2, 0) is 4.74 Å². The molecule has 1 aliphatic heterocycles. The zero-order chi connectivity index (χ0) is 17.8. The van der Waals surface area contributed by atoms with Crippen molar-refractivity contribution in [3.63, 3.8) is 0 Å². The highest BCUT2D eigenvalue weighted by atomic mass is 35.5. The highest BCUT2D eigenvalue weighted by molar-refractivity contribution is 6.32. The number of imide groups is 1. The van der Waals surface area contributed by atoms with Crippen LogP contribution in [0.15, 0.2) is 42.5 Å². The smallest absolute Gasteiger partial charge is 0.261 e. The van der Waals surface area contributed by atoms with Crippen LogP contribution in [0.3, 0.4) is 0 Å². The molecule has 0 aromatic heterocycles. The molecule has 0 saturated carbocycles. The predicted molar refractivity (Wildman–Crippen MR) is 94.3 cm³/mol. The maximum atomic E-state index is 12.2. The van der Waals surface area contributed by atoms with Gasteiger partial charge in [-0.3, -0.25) is 14.5 Å². The van der Waals surface area contributed by atoms with Crippen molar-refractivity contribution in [2.24, 2.45) is 0 Å². The van der Waals surface area contributed by atoms with E-state index in [2.05, 4.69) is 0 Å². The van der Waals surface area contributed by atoms with Crippen LogP contribution in [-0.4, -0.2) is 43.1 Å². The van der Waals surface area contributed by atoms with Crippen molar-refractivity contribution in [2.75, 3.05) is 26.4 Å². The number of fused-ring (bicyclic) bond motifs is 1. The summed E-state index contributed by atoms with van der Waals surface area (Å²) < 4.78 is 11.0. The molecule has 0 fully saturated rings. The number of aryl methyl sites for hydroxylation is 1. The third-order valence-electron chi connectivity index (χ3n) is 3.91. The van der Waals surface area contributed by atoms with Gasteiger partial charge in [0.05, 0.1) is 35.9 Å². The standard InChI is InChI=1S/C19H18ClNO4/c1-13-6-7-16(20)17(12-13)25-11-10-24-9-8-21-18(22)14-4-2-3-5-15(14)19(21)23/h2-7,12H,8-11H2,1H3. The molecule has 0 unspecified atom stereocenters. The van der Waals surface area contributed by atoms with Gasteiger partial charge in [-0.1, -0.05) is 29.8 Å². The van der Waals surface area contributed by atoms with E-state index in [0.29, 0.717) is 35.1 Å². The molecule has 6 heteroatoms. The van der Waals surface area contributed by atoms with Crippen molar-refractivity contribution in [3.05, 3.63) is 64.2 Å². The lowest BCUT2D eigenvalue weighted by Gasteiger charge is -2.14. The van der Waals surface area contributed by atoms with Crippen molar-refractivity contribution in [3.8, 4) is 5.75 Å². The predicted octanol–water partition coefficient (Wildman–Crippen LogP) is 3.34. The van der Waals surface area contributed by atoms with Gasteiger partial charge >= 0.3 is 0 Å². The number of benzene rings is 2. The minimum Gasteiger partial charge on any atom is -0.490 e. The second kappa shape index (κ2) is 7.68. The van der Waals surface area contributed by atoms with E-state index in [0.717, 1.165) is 5.56 Å². The van der Waals surface area contributed by atoms with E-state index >= 15 is 0 Å². The van der Waals surface area contributed by atoms with Gasteiger partial charge < -0.3 is 9.47 Å². The first-order valence-corrected chi connectivity index (χ1v) is 8.37. The minimum atomic E-state index is -0.271. The van der Waals surface area contributed by atoms with E-state index in [-0.39, 0.29) is 25.0 Å². The molecule has 0 N–H and O–H groups in total. The molecule has 0 radical (unpaired) electrons. The van der Waals surface area contributed by atoms with Crippen LogP contribution in [0.2, 0.25) is 5.02 Å². The Kier molecular flexibility index (Phi) is 5.36. The third kappa shape index (κ3) is 3.83. The van der Waals surface area contributed by atoms with Gasteiger partial charge in [-0.2, -0.15) is 0 Å². The molecule has 0 spiro atoms. The first-order chi connectivity index (χ1) is 12.1. The van der Waals surface area contributed by atoms with Crippen LogP contribution < -0.4 is 4.74 Å². The van der Waals surface area contributed by atoms with Crippen molar-refractivity contribution in [1.29, 1.82) is 0 Å². The molecule has 2 aromatic carbocycles. The Morgan fingerprint density at radius 3 is 2.32 bits per heavy atom. The fourth-order valence-corrected chi connectivity index (χ4v) is 2.80. The summed E-state index contributed by atoms with van der Waals surface area (Å²) >= 11 is 6.05. The Morgan fingerprint density at radius 2 is 1.64 bits per heavy atom. The molecule has 0 atom stereocenters. The maximum absolute atomic E-state index is 12.2. The molecule has 25 heavy (non-hydrogen) atoms. The Balaban J connectivity index is 1.42. The van der Waals surface area contributed by atoms with E-state index in [1.54, 1.807) is 30.3 Å². The van der Waals surface area contributed by atoms with E-state index in [1.807, 2.05) is 19.1 Å². The molecule has 2 amide bonds. The largest absolute Gasteiger partial charge is 0.490 e. The number of carbonyl (C=O) groups excluding carboxylic acids is 2. The summed E-state index contributed by atoms with van der Waals surface area (Å²) in [6.45, 7) is 3.12. The van der Waals surface area contributed by atoms with Gasteiger partial charge in [0, 0.05) is 0 Å². The number of ether oxygens (including phenoxy) is 2. The fraction of sp³-hybridized carbons (Fsp3) is 0.263. The quantitative estimate of drug-likeness (QED) is 0.562. The fourth-order valence-electron chi connectivity index (χ4n) is 2.63. The lowest BCUT2D eigenvalue weighted by atomic mass is 10.1. The summed E-state index contributed by atoms with van der Waals surface area (Å²) in [7, 11) is 0. The third-order valence-corrected chi connectivity index (χ3v) is 4.22. The summed E-state index contributed by atoms with van der Waals surface area (Å²) in [6, 6.07) is 12.4. The Labute approximate surface area is 151 Å². The number of nitrogens with zero attached hydrogens (tertiary/aromatic N) is 1. The average Bonchev–Trinajstić information content (AvgIpc) is 2.86. The second-order valence-electron chi connectivity index (χ2n) is 5.70. The van der Waals surface area contributed by atoms with Gasteiger partial charge in [0.1, 0.15) is 12.4 Å². The molecule has 1 heterocycles. The second-order valence-corrected chi connectivity index (χ2v) is 6.11. The van der Waals surface area contributed by atoms with E-state index < -0.39 is 0 Å². The van der Waals surface area contributed by atoms with Crippen LogP contribution in [0.25, 0.3) is 0 Å². The average molecular weight is 360 g/mol. The van der Waals surface area contributed by atoms with Crippen LogP contribution >= 0.6 is 11.6 Å². The van der Waals surface area contributed by atoms with Crippen molar-refractivity contribution in [1.82, 2.24) is 4.90 Å². The van der Waals surface area contributed by atoms with E-state index in [4.69, 9.17) is 21.1 Å². The maximum Gasteiger partial charge on any atom is 0.261 e. The summed E-state index contributed by atoms with van der Waals surface area (Å²) in [4.78, 5) is 25.6. The number of hydrogen-bond acceptors (Lipinski definition) is 4. The van der Waals surface area contributed by atoms with Crippen molar-refractivity contribution in [2.45, 2.75) is 6.92 Å². The van der Waals surface area contributed by atoms with Gasteiger partial charge in [0.15, 0.2) is 0 Å². The molecular formula is C19H18ClNO4. The van der Waals surface area contributed by atoms with Gasteiger partial charge in [-0.15, -0.1) is 0 Å². The molecule has 2 aromatic rings. The lowest BCUT2D eigenvalue weighted by Crippen LogP contribution is -2.33.